The highest BCUT2D eigenvalue weighted by Crippen LogP contribution is 2.30. The molecule has 0 aliphatic heterocycles. The molecule has 0 saturated heterocycles. The Morgan fingerprint density at radius 3 is 2.75 bits per heavy atom. The van der Waals surface area contributed by atoms with Gasteiger partial charge in [0, 0.05) is 12.0 Å². The van der Waals surface area contributed by atoms with E-state index in [1.807, 2.05) is 24.3 Å². The number of methoxy groups -OCH3 is 1. The van der Waals surface area contributed by atoms with Crippen LogP contribution in [0.5, 0.6) is 5.75 Å². The molecule has 0 radical (unpaired) electrons. The molecule has 1 heterocycles. The molecule has 1 saturated carbocycles. The molecule has 20 heavy (non-hydrogen) atoms. The van der Waals surface area contributed by atoms with Crippen LogP contribution in [0.4, 0.5) is 0 Å². The molecule has 3 rings (SSSR count). The first kappa shape index (κ1) is 12.8. The lowest BCUT2D eigenvalue weighted by atomic mass is 9.88. The summed E-state index contributed by atoms with van der Waals surface area (Å²) >= 11 is 0. The van der Waals surface area contributed by atoms with Crippen molar-refractivity contribution < 1.29 is 14.1 Å². The van der Waals surface area contributed by atoms with Crippen molar-refractivity contribution in [2.24, 2.45) is 0 Å². The summed E-state index contributed by atoms with van der Waals surface area (Å²) in [5, 5.41) is 3.97. The van der Waals surface area contributed by atoms with Crippen molar-refractivity contribution >= 4 is 5.78 Å². The van der Waals surface area contributed by atoms with Gasteiger partial charge in [-0.15, -0.1) is 0 Å². The summed E-state index contributed by atoms with van der Waals surface area (Å²) in [6, 6.07) is 7.43. The number of nitrogens with zero attached hydrogens (tertiary/aromatic N) is 2. The molecular formula is C15H16N2O3. The molecule has 1 aromatic heterocycles. The lowest BCUT2D eigenvalue weighted by Crippen LogP contribution is -2.17. The minimum atomic E-state index is -0.219. The quantitative estimate of drug-likeness (QED) is 0.859. The van der Waals surface area contributed by atoms with Crippen molar-refractivity contribution in [1.82, 2.24) is 10.1 Å². The van der Waals surface area contributed by atoms with Crippen molar-refractivity contribution in [2.75, 3.05) is 7.11 Å². The second kappa shape index (κ2) is 5.45. The van der Waals surface area contributed by atoms with Gasteiger partial charge < -0.3 is 9.26 Å². The lowest BCUT2D eigenvalue weighted by Gasteiger charge is -2.16. The maximum atomic E-state index is 11.9. The number of hydrogen-bond acceptors (Lipinski definition) is 5. The molecule has 0 N–H and O–H groups in total. The molecule has 1 aliphatic carbocycles. The van der Waals surface area contributed by atoms with E-state index in [9.17, 15) is 4.79 Å². The van der Waals surface area contributed by atoms with Crippen LogP contribution in [0.1, 0.15) is 37.5 Å². The summed E-state index contributed by atoms with van der Waals surface area (Å²) in [4.78, 5) is 16.3. The van der Waals surface area contributed by atoms with Crippen LogP contribution >= 0.6 is 0 Å². The SMILES string of the molecule is COc1ccc(-c2noc(C3CCCCC3=O)n2)cc1. The average Bonchev–Trinajstić information content (AvgIpc) is 2.97. The molecule has 0 amide bonds. The highest BCUT2D eigenvalue weighted by molar-refractivity contribution is 5.85. The Morgan fingerprint density at radius 2 is 2.05 bits per heavy atom. The summed E-state index contributed by atoms with van der Waals surface area (Å²) in [5.41, 5.74) is 0.851. The normalized spacial score (nSPS) is 19.1. The first-order chi connectivity index (χ1) is 9.78. The van der Waals surface area contributed by atoms with Gasteiger partial charge in [0.15, 0.2) is 0 Å². The maximum Gasteiger partial charge on any atom is 0.237 e. The van der Waals surface area contributed by atoms with Gasteiger partial charge in [0.05, 0.1) is 13.0 Å². The van der Waals surface area contributed by atoms with Crippen LogP contribution in [0.15, 0.2) is 28.8 Å². The van der Waals surface area contributed by atoms with Crippen LogP contribution in [0.25, 0.3) is 11.4 Å². The summed E-state index contributed by atoms with van der Waals surface area (Å²) < 4.78 is 10.4. The molecular weight excluding hydrogens is 256 g/mol. The number of ketones is 1. The van der Waals surface area contributed by atoms with E-state index in [0.29, 0.717) is 18.1 Å². The minimum absolute atomic E-state index is 0.209. The maximum absolute atomic E-state index is 11.9. The Bertz CT molecular complexity index is 604. The summed E-state index contributed by atoms with van der Waals surface area (Å²) in [6.45, 7) is 0. The monoisotopic (exact) mass is 272 g/mol. The third kappa shape index (κ3) is 2.43. The molecule has 0 spiro atoms. The van der Waals surface area contributed by atoms with Gasteiger partial charge in [-0.2, -0.15) is 4.98 Å². The van der Waals surface area contributed by atoms with Crippen LogP contribution in [0, 0.1) is 0 Å². The van der Waals surface area contributed by atoms with Gasteiger partial charge in [-0.25, -0.2) is 0 Å². The van der Waals surface area contributed by atoms with Crippen LogP contribution in [-0.2, 0) is 4.79 Å². The number of ether oxygens (including phenoxy) is 1. The highest BCUT2D eigenvalue weighted by atomic mass is 16.5. The van der Waals surface area contributed by atoms with Gasteiger partial charge in [0.2, 0.25) is 11.7 Å². The fraction of sp³-hybridized carbons (Fsp3) is 0.400. The molecule has 1 aliphatic rings. The van der Waals surface area contributed by atoms with E-state index in [2.05, 4.69) is 10.1 Å². The average molecular weight is 272 g/mol. The fourth-order valence-electron chi connectivity index (χ4n) is 2.48. The highest BCUT2D eigenvalue weighted by Gasteiger charge is 2.29. The number of rotatable bonds is 3. The lowest BCUT2D eigenvalue weighted by molar-refractivity contribution is -0.122. The largest absolute Gasteiger partial charge is 0.497 e. The molecule has 5 nitrogen and oxygen atoms in total. The van der Waals surface area contributed by atoms with Crippen LogP contribution in [0.2, 0.25) is 0 Å². The van der Waals surface area contributed by atoms with Crippen LogP contribution in [-0.4, -0.2) is 23.0 Å². The summed E-state index contributed by atoms with van der Waals surface area (Å²) in [6.07, 6.45) is 3.43. The van der Waals surface area contributed by atoms with E-state index in [1.54, 1.807) is 7.11 Å². The molecule has 0 bridgehead atoms. The predicted molar refractivity (Wildman–Crippen MR) is 72.5 cm³/mol. The van der Waals surface area contributed by atoms with Crippen LogP contribution in [0.3, 0.4) is 0 Å². The van der Waals surface area contributed by atoms with Crippen molar-refractivity contribution in [3.8, 4) is 17.1 Å². The number of hydrogen-bond donors (Lipinski definition) is 0. The number of carbonyl (C=O) groups excluding carboxylic acids is 1. The van der Waals surface area contributed by atoms with Gasteiger partial charge in [-0.05, 0) is 37.1 Å². The van der Waals surface area contributed by atoms with Gasteiger partial charge in [0.1, 0.15) is 11.5 Å². The second-order valence-electron chi connectivity index (χ2n) is 4.95. The topological polar surface area (TPSA) is 65.2 Å². The summed E-state index contributed by atoms with van der Waals surface area (Å²) in [7, 11) is 1.62. The Balaban J connectivity index is 1.83. The molecule has 2 aromatic rings. The van der Waals surface area contributed by atoms with Gasteiger partial charge in [-0.3, -0.25) is 4.79 Å². The fourth-order valence-corrected chi connectivity index (χ4v) is 2.48. The Morgan fingerprint density at radius 1 is 1.25 bits per heavy atom. The molecule has 1 aromatic carbocycles. The molecule has 1 atom stereocenters. The van der Waals surface area contributed by atoms with Crippen molar-refractivity contribution in [1.29, 1.82) is 0 Å². The predicted octanol–water partition coefficient (Wildman–Crippen LogP) is 2.97. The number of benzene rings is 1. The zero-order valence-electron chi connectivity index (χ0n) is 11.3. The van der Waals surface area contributed by atoms with Gasteiger partial charge in [-0.1, -0.05) is 11.6 Å². The smallest absolute Gasteiger partial charge is 0.237 e. The van der Waals surface area contributed by atoms with Crippen molar-refractivity contribution in [3.05, 3.63) is 30.2 Å². The molecule has 1 unspecified atom stereocenters. The molecule has 1 fully saturated rings. The van der Waals surface area contributed by atoms with E-state index in [4.69, 9.17) is 9.26 Å². The van der Waals surface area contributed by atoms with Crippen LogP contribution < -0.4 is 4.74 Å². The first-order valence-electron chi connectivity index (χ1n) is 6.78. The van der Waals surface area contributed by atoms with E-state index < -0.39 is 0 Å². The van der Waals surface area contributed by atoms with Gasteiger partial charge in [0.25, 0.3) is 0 Å². The minimum Gasteiger partial charge on any atom is -0.497 e. The van der Waals surface area contributed by atoms with Gasteiger partial charge >= 0.3 is 0 Å². The summed E-state index contributed by atoms with van der Waals surface area (Å²) in [5.74, 6) is 1.73. The van der Waals surface area contributed by atoms with E-state index in [-0.39, 0.29) is 11.7 Å². The number of aromatic nitrogens is 2. The third-order valence-electron chi connectivity index (χ3n) is 3.64. The Kier molecular flexibility index (Phi) is 3.50. The van der Waals surface area contributed by atoms with Crippen molar-refractivity contribution in [2.45, 2.75) is 31.6 Å². The first-order valence-corrected chi connectivity index (χ1v) is 6.78. The van der Waals surface area contributed by atoms with E-state index >= 15 is 0 Å². The zero-order valence-corrected chi connectivity index (χ0v) is 11.3. The third-order valence-corrected chi connectivity index (χ3v) is 3.64. The van der Waals surface area contributed by atoms with E-state index in [1.165, 1.54) is 0 Å². The molecule has 5 heteroatoms. The van der Waals surface area contributed by atoms with E-state index in [0.717, 1.165) is 30.6 Å². The second-order valence-corrected chi connectivity index (χ2v) is 4.95. The Hall–Kier alpha value is -2.17. The zero-order chi connectivity index (χ0) is 13.9. The number of carbonyl (C=O) groups is 1. The number of Topliss-reactive ketones (excluding diaryl/α,β-unsaturated/α-hetero) is 1. The standard InChI is InChI=1S/C15H16N2O3/c1-19-11-8-6-10(7-9-11)14-16-15(20-17-14)12-4-2-3-5-13(12)18/h6-9,12H,2-5H2,1H3. The van der Waals surface area contributed by atoms with Crippen molar-refractivity contribution in [3.63, 3.8) is 0 Å². The molecule has 104 valence electrons. The Labute approximate surface area is 116 Å².